The van der Waals surface area contributed by atoms with Crippen molar-refractivity contribution in [2.75, 3.05) is 13.2 Å². The summed E-state index contributed by atoms with van der Waals surface area (Å²) in [5, 5.41) is 13.2. The van der Waals surface area contributed by atoms with Crippen LogP contribution >= 0.6 is 23.2 Å². The lowest BCUT2D eigenvalue weighted by atomic mass is 10.2. The molecule has 2 aromatic carbocycles. The molecule has 0 aliphatic carbocycles. The molecule has 2 rings (SSSR count). The maximum Gasteiger partial charge on any atom is 0.341 e. The van der Waals surface area contributed by atoms with Crippen LogP contribution in [0.1, 0.15) is 5.56 Å². The molecular weight excluding hydrogens is 383 g/mol. The van der Waals surface area contributed by atoms with Crippen LogP contribution in [0.5, 0.6) is 11.5 Å². The van der Waals surface area contributed by atoms with E-state index in [2.05, 4.69) is 10.5 Å². The molecule has 0 heterocycles. The highest BCUT2D eigenvalue weighted by Gasteiger charge is 2.07. The van der Waals surface area contributed by atoms with E-state index in [4.69, 9.17) is 37.8 Å². The smallest absolute Gasteiger partial charge is 0.341 e. The third kappa shape index (κ3) is 6.27. The first-order valence-electron chi connectivity index (χ1n) is 7.29. The Labute approximate surface area is 159 Å². The summed E-state index contributed by atoms with van der Waals surface area (Å²) in [6, 6.07) is 11.3. The van der Waals surface area contributed by atoms with Crippen molar-refractivity contribution in [3.05, 3.63) is 58.1 Å². The van der Waals surface area contributed by atoms with Gasteiger partial charge in [0.1, 0.15) is 11.5 Å². The highest BCUT2D eigenvalue weighted by atomic mass is 35.5. The number of hydrogen-bond donors (Lipinski definition) is 2. The van der Waals surface area contributed by atoms with E-state index in [1.54, 1.807) is 36.4 Å². The zero-order chi connectivity index (χ0) is 18.9. The Bertz CT molecular complexity index is 827. The van der Waals surface area contributed by atoms with Crippen molar-refractivity contribution in [3.63, 3.8) is 0 Å². The summed E-state index contributed by atoms with van der Waals surface area (Å²) in [7, 11) is 0. The number of hydrogen-bond acceptors (Lipinski definition) is 5. The first kappa shape index (κ1) is 19.6. The van der Waals surface area contributed by atoms with E-state index in [9.17, 15) is 9.59 Å². The number of ether oxygens (including phenoxy) is 2. The molecule has 0 saturated carbocycles. The molecule has 0 fully saturated rings. The SMILES string of the molecule is O=C(O)COc1ccccc1C=NNC(=O)COc1cc(Cl)ccc1Cl. The summed E-state index contributed by atoms with van der Waals surface area (Å²) in [6.07, 6.45) is 1.33. The molecule has 2 N–H and O–H groups in total. The highest BCUT2D eigenvalue weighted by molar-refractivity contribution is 6.34. The molecule has 9 heteroatoms. The van der Waals surface area contributed by atoms with E-state index in [-0.39, 0.29) is 12.4 Å². The summed E-state index contributed by atoms with van der Waals surface area (Å²) >= 11 is 11.8. The van der Waals surface area contributed by atoms with Gasteiger partial charge in [-0.15, -0.1) is 0 Å². The summed E-state index contributed by atoms with van der Waals surface area (Å²) in [6.45, 7) is -0.792. The number of aliphatic carboxylic acids is 1. The number of carboxylic acid groups (broad SMARTS) is 1. The maximum absolute atomic E-state index is 11.8. The Morgan fingerprint density at radius 2 is 1.81 bits per heavy atom. The Balaban J connectivity index is 1.89. The van der Waals surface area contributed by atoms with E-state index in [0.29, 0.717) is 21.4 Å². The summed E-state index contributed by atoms with van der Waals surface area (Å²) < 4.78 is 10.4. The molecule has 136 valence electrons. The number of hydrazone groups is 1. The molecule has 0 aliphatic rings. The fourth-order valence-electron chi connectivity index (χ4n) is 1.80. The van der Waals surface area contributed by atoms with E-state index in [1.165, 1.54) is 12.3 Å². The number of nitrogens with zero attached hydrogens (tertiary/aromatic N) is 1. The molecule has 0 aliphatic heterocycles. The third-order valence-corrected chi connectivity index (χ3v) is 3.46. The lowest BCUT2D eigenvalue weighted by Crippen LogP contribution is -2.24. The Morgan fingerprint density at radius 1 is 1.08 bits per heavy atom. The van der Waals surface area contributed by atoms with Gasteiger partial charge < -0.3 is 14.6 Å². The number of rotatable bonds is 8. The van der Waals surface area contributed by atoms with Gasteiger partial charge in [0, 0.05) is 16.7 Å². The van der Waals surface area contributed by atoms with Crippen LogP contribution in [0, 0.1) is 0 Å². The minimum atomic E-state index is -1.10. The van der Waals surface area contributed by atoms with Gasteiger partial charge in [-0.3, -0.25) is 4.79 Å². The predicted octanol–water partition coefficient (Wildman–Crippen LogP) is 2.99. The van der Waals surface area contributed by atoms with Crippen LogP contribution in [-0.4, -0.2) is 36.4 Å². The molecule has 0 spiro atoms. The molecule has 0 aromatic heterocycles. The molecular formula is C17H14Cl2N2O5. The molecule has 0 bridgehead atoms. The molecule has 7 nitrogen and oxygen atoms in total. The number of nitrogens with one attached hydrogen (secondary N) is 1. The van der Waals surface area contributed by atoms with Gasteiger partial charge in [0.15, 0.2) is 13.2 Å². The minimum Gasteiger partial charge on any atom is -0.482 e. The molecule has 26 heavy (non-hydrogen) atoms. The van der Waals surface area contributed by atoms with Crippen LogP contribution in [0.25, 0.3) is 0 Å². The third-order valence-electron chi connectivity index (χ3n) is 2.92. The first-order valence-corrected chi connectivity index (χ1v) is 8.04. The van der Waals surface area contributed by atoms with Crippen LogP contribution in [0.4, 0.5) is 0 Å². The average Bonchev–Trinajstić information content (AvgIpc) is 2.61. The lowest BCUT2D eigenvalue weighted by molar-refractivity contribution is -0.139. The van der Waals surface area contributed by atoms with Gasteiger partial charge in [-0.2, -0.15) is 5.10 Å². The van der Waals surface area contributed by atoms with E-state index >= 15 is 0 Å². The Kier molecular flexibility index (Phi) is 7.25. The molecule has 0 radical (unpaired) electrons. The summed E-state index contributed by atoms with van der Waals surface area (Å²) in [5.41, 5.74) is 2.79. The standard InChI is InChI=1S/C17H14Cl2N2O5/c18-12-5-6-13(19)15(7-12)25-9-16(22)21-20-8-11-3-1-2-4-14(11)26-10-17(23)24/h1-8H,9-10H2,(H,21,22)(H,23,24). The zero-order valence-corrected chi connectivity index (χ0v) is 14.8. The van der Waals surface area contributed by atoms with E-state index < -0.39 is 18.5 Å². The molecule has 0 unspecified atom stereocenters. The zero-order valence-electron chi connectivity index (χ0n) is 13.3. The maximum atomic E-state index is 11.8. The molecule has 0 saturated heterocycles. The molecule has 0 atom stereocenters. The number of para-hydroxylation sites is 1. The second-order valence-corrected chi connectivity index (χ2v) is 5.72. The Hall–Kier alpha value is -2.77. The lowest BCUT2D eigenvalue weighted by Gasteiger charge is -2.08. The van der Waals surface area contributed by atoms with Crippen LogP contribution in [0.3, 0.4) is 0 Å². The number of halogens is 2. The van der Waals surface area contributed by atoms with Crippen molar-refractivity contribution < 1.29 is 24.2 Å². The number of amides is 1. The fourth-order valence-corrected chi connectivity index (χ4v) is 2.13. The summed E-state index contributed by atoms with van der Waals surface area (Å²) in [5.74, 6) is -0.997. The number of carboxylic acids is 1. The molecule has 1 amide bonds. The predicted molar refractivity (Wildman–Crippen MR) is 97.3 cm³/mol. The van der Waals surface area contributed by atoms with Crippen LogP contribution < -0.4 is 14.9 Å². The first-order chi connectivity index (χ1) is 12.5. The second kappa shape index (κ2) is 9.65. The average molecular weight is 397 g/mol. The largest absolute Gasteiger partial charge is 0.482 e. The normalized spacial score (nSPS) is 10.5. The van der Waals surface area contributed by atoms with Gasteiger partial charge in [-0.25, -0.2) is 10.2 Å². The molecule has 2 aromatic rings. The second-order valence-electron chi connectivity index (χ2n) is 4.88. The quantitative estimate of drug-likeness (QED) is 0.527. The van der Waals surface area contributed by atoms with E-state index in [0.717, 1.165) is 0 Å². The minimum absolute atomic E-state index is 0.283. The number of carbonyl (C=O) groups is 2. The van der Waals surface area contributed by atoms with Crippen LogP contribution in [0.2, 0.25) is 10.0 Å². The highest BCUT2D eigenvalue weighted by Crippen LogP contribution is 2.27. The van der Waals surface area contributed by atoms with Gasteiger partial charge in [-0.1, -0.05) is 35.3 Å². The monoisotopic (exact) mass is 396 g/mol. The van der Waals surface area contributed by atoms with E-state index in [1.807, 2.05) is 0 Å². The Morgan fingerprint density at radius 3 is 2.58 bits per heavy atom. The van der Waals surface area contributed by atoms with Gasteiger partial charge >= 0.3 is 5.97 Å². The van der Waals surface area contributed by atoms with Crippen LogP contribution in [-0.2, 0) is 9.59 Å². The van der Waals surface area contributed by atoms with Gasteiger partial charge in [-0.05, 0) is 24.3 Å². The van der Waals surface area contributed by atoms with Crippen molar-refractivity contribution >= 4 is 41.3 Å². The van der Waals surface area contributed by atoms with Crippen molar-refractivity contribution in [3.8, 4) is 11.5 Å². The van der Waals surface area contributed by atoms with Crippen molar-refractivity contribution in [1.29, 1.82) is 0 Å². The van der Waals surface area contributed by atoms with Gasteiger partial charge in [0.05, 0.1) is 11.2 Å². The van der Waals surface area contributed by atoms with Gasteiger partial charge in [0.2, 0.25) is 0 Å². The van der Waals surface area contributed by atoms with Crippen molar-refractivity contribution in [1.82, 2.24) is 5.43 Å². The number of benzene rings is 2. The summed E-state index contributed by atoms with van der Waals surface area (Å²) in [4.78, 5) is 22.3. The van der Waals surface area contributed by atoms with Crippen LogP contribution in [0.15, 0.2) is 47.6 Å². The number of carbonyl (C=O) groups excluding carboxylic acids is 1. The van der Waals surface area contributed by atoms with Crippen molar-refractivity contribution in [2.45, 2.75) is 0 Å². The topological polar surface area (TPSA) is 97.2 Å². The van der Waals surface area contributed by atoms with Gasteiger partial charge in [0.25, 0.3) is 5.91 Å². The van der Waals surface area contributed by atoms with Crippen molar-refractivity contribution in [2.24, 2.45) is 5.10 Å². The fraction of sp³-hybridized carbons (Fsp3) is 0.118.